The quantitative estimate of drug-likeness (QED) is 0.799. The first-order valence-electron chi connectivity index (χ1n) is 6.50. The number of thiazole rings is 1. The molecule has 0 aliphatic rings. The van der Waals surface area contributed by atoms with Gasteiger partial charge in [-0.1, -0.05) is 18.2 Å². The van der Waals surface area contributed by atoms with Crippen molar-refractivity contribution < 1.29 is 4.74 Å². The number of ether oxygens (including phenoxy) is 1. The van der Waals surface area contributed by atoms with Crippen molar-refractivity contribution in [2.24, 2.45) is 5.73 Å². The topological polar surface area (TPSA) is 48.1 Å². The lowest BCUT2D eigenvalue weighted by Gasteiger charge is -2.08. The largest absolute Gasteiger partial charge is 0.497 e. The van der Waals surface area contributed by atoms with Gasteiger partial charge >= 0.3 is 0 Å². The SMILES string of the molecule is COc1ccc(Cc2nc3ccccc3s2)c(CN)c1. The van der Waals surface area contributed by atoms with Crippen LogP contribution in [0.15, 0.2) is 42.5 Å². The summed E-state index contributed by atoms with van der Waals surface area (Å²) in [4.78, 5) is 4.67. The number of nitrogens with zero attached hydrogens (tertiary/aromatic N) is 1. The van der Waals surface area contributed by atoms with E-state index in [1.165, 1.54) is 10.3 Å². The average molecular weight is 284 g/mol. The van der Waals surface area contributed by atoms with Gasteiger partial charge in [0.05, 0.1) is 22.3 Å². The fourth-order valence-electron chi connectivity index (χ4n) is 2.25. The normalized spacial score (nSPS) is 10.9. The second-order valence-corrected chi connectivity index (χ2v) is 5.71. The Hall–Kier alpha value is -1.91. The summed E-state index contributed by atoms with van der Waals surface area (Å²) in [5.41, 5.74) is 9.23. The van der Waals surface area contributed by atoms with Crippen LogP contribution in [0.2, 0.25) is 0 Å². The number of benzene rings is 2. The minimum absolute atomic E-state index is 0.511. The highest BCUT2D eigenvalue weighted by Gasteiger charge is 2.08. The Morgan fingerprint density at radius 1 is 1.15 bits per heavy atom. The summed E-state index contributed by atoms with van der Waals surface area (Å²) in [7, 11) is 1.67. The zero-order valence-electron chi connectivity index (χ0n) is 11.3. The van der Waals surface area contributed by atoms with Crippen LogP contribution in [0.3, 0.4) is 0 Å². The highest BCUT2D eigenvalue weighted by molar-refractivity contribution is 7.18. The molecule has 0 aliphatic heterocycles. The van der Waals surface area contributed by atoms with Crippen LogP contribution >= 0.6 is 11.3 Å². The van der Waals surface area contributed by atoms with Gasteiger partial charge in [0, 0.05) is 13.0 Å². The van der Waals surface area contributed by atoms with E-state index >= 15 is 0 Å². The van der Waals surface area contributed by atoms with Crippen molar-refractivity contribution in [3.8, 4) is 5.75 Å². The third kappa shape index (κ3) is 2.53. The highest BCUT2D eigenvalue weighted by Crippen LogP contribution is 2.26. The predicted molar refractivity (Wildman–Crippen MR) is 83.3 cm³/mol. The van der Waals surface area contributed by atoms with Gasteiger partial charge in [-0.2, -0.15) is 0 Å². The third-order valence-corrected chi connectivity index (χ3v) is 4.35. The smallest absolute Gasteiger partial charge is 0.119 e. The Balaban J connectivity index is 1.93. The number of hydrogen-bond acceptors (Lipinski definition) is 4. The first kappa shape index (κ1) is 13.1. The van der Waals surface area contributed by atoms with Gasteiger partial charge in [-0.3, -0.25) is 0 Å². The summed E-state index contributed by atoms with van der Waals surface area (Å²) in [6, 6.07) is 14.3. The number of rotatable bonds is 4. The lowest BCUT2D eigenvalue weighted by atomic mass is 10.0. The molecule has 102 valence electrons. The summed E-state index contributed by atoms with van der Waals surface area (Å²) in [6.07, 6.45) is 0.815. The summed E-state index contributed by atoms with van der Waals surface area (Å²) < 4.78 is 6.47. The average Bonchev–Trinajstić information content (AvgIpc) is 2.90. The van der Waals surface area contributed by atoms with Crippen LogP contribution in [0.4, 0.5) is 0 Å². The molecule has 0 radical (unpaired) electrons. The molecule has 3 nitrogen and oxygen atoms in total. The van der Waals surface area contributed by atoms with Crippen molar-refractivity contribution in [3.63, 3.8) is 0 Å². The number of para-hydroxylation sites is 1. The van der Waals surface area contributed by atoms with Crippen LogP contribution < -0.4 is 10.5 Å². The molecule has 0 aliphatic carbocycles. The van der Waals surface area contributed by atoms with Gasteiger partial charge in [0.25, 0.3) is 0 Å². The van der Waals surface area contributed by atoms with Gasteiger partial charge in [0.1, 0.15) is 5.75 Å². The molecule has 1 aromatic heterocycles. The summed E-state index contributed by atoms with van der Waals surface area (Å²) in [5.74, 6) is 0.846. The van der Waals surface area contributed by atoms with Gasteiger partial charge in [-0.05, 0) is 35.4 Å². The minimum atomic E-state index is 0.511. The lowest BCUT2D eigenvalue weighted by molar-refractivity contribution is 0.414. The standard InChI is InChI=1S/C16H16N2OS/c1-19-13-7-6-11(12(8-13)10-17)9-16-18-14-4-2-3-5-15(14)20-16/h2-8H,9-10,17H2,1H3. The van der Waals surface area contributed by atoms with Crippen LogP contribution in [0.1, 0.15) is 16.1 Å². The van der Waals surface area contributed by atoms with Crippen molar-refractivity contribution in [2.75, 3.05) is 7.11 Å². The monoisotopic (exact) mass is 284 g/mol. The van der Waals surface area contributed by atoms with Crippen molar-refractivity contribution in [1.29, 1.82) is 0 Å². The number of hydrogen-bond donors (Lipinski definition) is 1. The molecule has 0 bridgehead atoms. The molecule has 0 unspecified atom stereocenters. The molecule has 0 atom stereocenters. The van der Waals surface area contributed by atoms with E-state index in [1.807, 2.05) is 30.3 Å². The molecule has 0 saturated carbocycles. The fraction of sp³-hybridized carbons (Fsp3) is 0.188. The van der Waals surface area contributed by atoms with Crippen LogP contribution in [-0.4, -0.2) is 12.1 Å². The number of methoxy groups -OCH3 is 1. The van der Waals surface area contributed by atoms with Crippen LogP contribution in [0.25, 0.3) is 10.2 Å². The van der Waals surface area contributed by atoms with Crippen molar-refractivity contribution in [1.82, 2.24) is 4.98 Å². The van der Waals surface area contributed by atoms with Gasteiger partial charge in [-0.25, -0.2) is 4.98 Å². The van der Waals surface area contributed by atoms with Crippen molar-refractivity contribution >= 4 is 21.6 Å². The fourth-order valence-corrected chi connectivity index (χ4v) is 3.24. The van der Waals surface area contributed by atoms with E-state index in [1.54, 1.807) is 18.4 Å². The van der Waals surface area contributed by atoms with Crippen molar-refractivity contribution in [3.05, 3.63) is 58.6 Å². The van der Waals surface area contributed by atoms with Gasteiger partial charge in [0.15, 0.2) is 0 Å². The van der Waals surface area contributed by atoms with Gasteiger partial charge in [-0.15, -0.1) is 11.3 Å². The number of aromatic nitrogens is 1. The van der Waals surface area contributed by atoms with E-state index in [4.69, 9.17) is 10.5 Å². The molecule has 2 aromatic carbocycles. The molecule has 0 amide bonds. The maximum absolute atomic E-state index is 5.83. The molecule has 0 fully saturated rings. The number of fused-ring (bicyclic) bond motifs is 1. The minimum Gasteiger partial charge on any atom is -0.497 e. The maximum atomic E-state index is 5.83. The van der Waals surface area contributed by atoms with Crippen LogP contribution in [0.5, 0.6) is 5.75 Å². The van der Waals surface area contributed by atoms with Crippen molar-refractivity contribution in [2.45, 2.75) is 13.0 Å². The molecule has 0 saturated heterocycles. The first-order chi connectivity index (χ1) is 9.80. The van der Waals surface area contributed by atoms with E-state index in [0.29, 0.717) is 6.54 Å². The Labute approximate surface area is 122 Å². The summed E-state index contributed by atoms with van der Waals surface area (Å²) in [5, 5.41) is 1.12. The van der Waals surface area contributed by atoms with Gasteiger partial charge in [0.2, 0.25) is 0 Å². The zero-order valence-corrected chi connectivity index (χ0v) is 12.1. The number of nitrogens with two attached hydrogens (primary N) is 1. The Bertz CT molecular complexity index is 703. The molecule has 3 aromatic rings. The highest BCUT2D eigenvalue weighted by atomic mass is 32.1. The second-order valence-electron chi connectivity index (χ2n) is 4.59. The lowest BCUT2D eigenvalue weighted by Crippen LogP contribution is -2.02. The second kappa shape index (κ2) is 5.61. The predicted octanol–water partition coefficient (Wildman–Crippen LogP) is 3.35. The molecule has 20 heavy (non-hydrogen) atoms. The van der Waals surface area contributed by atoms with Crippen LogP contribution in [-0.2, 0) is 13.0 Å². The van der Waals surface area contributed by atoms with E-state index in [-0.39, 0.29) is 0 Å². The summed E-state index contributed by atoms with van der Waals surface area (Å²) in [6.45, 7) is 0.511. The molecule has 4 heteroatoms. The maximum Gasteiger partial charge on any atom is 0.119 e. The van der Waals surface area contributed by atoms with Gasteiger partial charge < -0.3 is 10.5 Å². The molecule has 2 N–H and O–H groups in total. The molecular weight excluding hydrogens is 268 g/mol. The molecular formula is C16H16N2OS. The van der Waals surface area contributed by atoms with E-state index in [9.17, 15) is 0 Å². The Morgan fingerprint density at radius 2 is 2.00 bits per heavy atom. The molecule has 1 heterocycles. The summed E-state index contributed by atoms with van der Waals surface area (Å²) >= 11 is 1.74. The van der Waals surface area contributed by atoms with E-state index < -0.39 is 0 Å². The van der Waals surface area contributed by atoms with Crippen LogP contribution in [0, 0.1) is 0 Å². The van der Waals surface area contributed by atoms with E-state index in [2.05, 4.69) is 17.1 Å². The Morgan fingerprint density at radius 3 is 2.75 bits per heavy atom. The molecule has 0 spiro atoms. The third-order valence-electron chi connectivity index (χ3n) is 3.31. The Kier molecular flexibility index (Phi) is 3.67. The molecule has 3 rings (SSSR count). The van der Waals surface area contributed by atoms with E-state index in [0.717, 1.165) is 28.3 Å². The zero-order chi connectivity index (χ0) is 13.9. The first-order valence-corrected chi connectivity index (χ1v) is 7.32.